The fourth-order valence-corrected chi connectivity index (χ4v) is 3.05. The number of hydrogen-bond donors (Lipinski definition) is 1. The van der Waals surface area contributed by atoms with Crippen molar-refractivity contribution in [3.63, 3.8) is 0 Å². The summed E-state index contributed by atoms with van der Waals surface area (Å²) in [5.74, 6) is 1.01. The Hall–Kier alpha value is -3.58. The van der Waals surface area contributed by atoms with E-state index < -0.39 is 11.7 Å². The van der Waals surface area contributed by atoms with Gasteiger partial charge in [0.05, 0.1) is 6.54 Å². The number of benzene rings is 2. The molecule has 1 N–H and O–H groups in total. The maximum atomic E-state index is 12.3. The van der Waals surface area contributed by atoms with Crippen molar-refractivity contribution in [2.45, 2.75) is 26.4 Å². The van der Waals surface area contributed by atoms with Gasteiger partial charge in [-0.05, 0) is 39.0 Å². The van der Waals surface area contributed by atoms with Crippen LogP contribution in [0, 0.1) is 0 Å². The van der Waals surface area contributed by atoms with Crippen LogP contribution in [0.15, 0.2) is 77.4 Å². The summed E-state index contributed by atoms with van der Waals surface area (Å²) in [4.78, 5) is 17.1. The third-order valence-electron chi connectivity index (χ3n) is 4.29. The first-order valence-electron chi connectivity index (χ1n) is 9.75. The second-order valence-corrected chi connectivity index (χ2v) is 7.83. The average Bonchev–Trinajstić information content (AvgIpc) is 3.34. The van der Waals surface area contributed by atoms with E-state index in [1.54, 1.807) is 10.1 Å². The summed E-state index contributed by atoms with van der Waals surface area (Å²) in [5, 5.41) is 3.35. The fourth-order valence-electron chi connectivity index (χ4n) is 3.05. The van der Waals surface area contributed by atoms with Crippen molar-refractivity contribution in [2.75, 3.05) is 11.6 Å². The lowest BCUT2D eigenvalue weighted by atomic mass is 10.1. The van der Waals surface area contributed by atoms with Gasteiger partial charge in [-0.3, -0.25) is 0 Å². The molecular formula is C23H24N4O3. The van der Waals surface area contributed by atoms with Gasteiger partial charge in [0.15, 0.2) is 0 Å². The number of rotatable bonds is 4. The first kappa shape index (κ1) is 19.7. The van der Waals surface area contributed by atoms with Gasteiger partial charge in [0.2, 0.25) is 11.8 Å². The summed E-state index contributed by atoms with van der Waals surface area (Å²) in [6, 6.07) is 19.5. The van der Waals surface area contributed by atoms with E-state index in [0.717, 1.165) is 11.1 Å². The van der Waals surface area contributed by atoms with Gasteiger partial charge in [-0.15, -0.1) is 5.12 Å². The highest BCUT2D eigenvalue weighted by Gasteiger charge is 2.29. The molecule has 0 fully saturated rings. The first-order valence-corrected chi connectivity index (χ1v) is 9.75. The van der Waals surface area contributed by atoms with Gasteiger partial charge in [0.1, 0.15) is 11.3 Å². The number of amides is 1. The number of ether oxygens (including phenoxy) is 1. The number of nitrogens with zero attached hydrogens (tertiary/aromatic N) is 3. The van der Waals surface area contributed by atoms with Crippen molar-refractivity contribution in [1.29, 1.82) is 0 Å². The molecule has 1 aliphatic rings. The van der Waals surface area contributed by atoms with Crippen molar-refractivity contribution >= 4 is 12.0 Å². The van der Waals surface area contributed by atoms with E-state index in [1.165, 1.54) is 0 Å². The van der Waals surface area contributed by atoms with Crippen LogP contribution in [0.4, 0.5) is 10.7 Å². The Kier molecular flexibility index (Phi) is 5.29. The number of nitrogens with one attached hydrogen (secondary N) is 1. The molecule has 0 spiro atoms. The number of oxazole rings is 1. The van der Waals surface area contributed by atoms with Gasteiger partial charge >= 0.3 is 6.09 Å². The van der Waals surface area contributed by atoms with Gasteiger partial charge in [-0.1, -0.05) is 48.5 Å². The monoisotopic (exact) mass is 404 g/mol. The third kappa shape index (κ3) is 4.36. The molecule has 0 atom stereocenters. The van der Waals surface area contributed by atoms with Gasteiger partial charge in [0, 0.05) is 17.3 Å². The van der Waals surface area contributed by atoms with Gasteiger partial charge in [0.25, 0.3) is 0 Å². The molecule has 0 unspecified atom stereocenters. The van der Waals surface area contributed by atoms with E-state index in [4.69, 9.17) is 14.1 Å². The minimum atomic E-state index is -0.593. The molecule has 0 radical (unpaired) electrons. The van der Waals surface area contributed by atoms with Crippen LogP contribution in [0.1, 0.15) is 20.8 Å². The largest absolute Gasteiger partial charge is 0.443 e. The summed E-state index contributed by atoms with van der Waals surface area (Å²) >= 11 is 0. The normalized spacial score (nSPS) is 14.2. The van der Waals surface area contributed by atoms with E-state index >= 15 is 0 Å². The number of carbonyl (C=O) groups is 1. The zero-order valence-electron chi connectivity index (χ0n) is 17.2. The average molecular weight is 404 g/mol. The zero-order chi connectivity index (χ0) is 21.1. The topological polar surface area (TPSA) is 70.8 Å². The highest BCUT2D eigenvalue weighted by Crippen LogP contribution is 2.36. The van der Waals surface area contributed by atoms with E-state index in [-0.39, 0.29) is 0 Å². The molecule has 7 heteroatoms. The summed E-state index contributed by atoms with van der Waals surface area (Å²) in [7, 11) is 0. The molecular weight excluding hydrogens is 380 g/mol. The Bertz CT molecular complexity index is 1040. The maximum Gasteiger partial charge on any atom is 0.423 e. The van der Waals surface area contributed by atoms with Crippen molar-refractivity contribution in [3.05, 3.63) is 72.9 Å². The Balaban J connectivity index is 1.69. The lowest BCUT2D eigenvalue weighted by Crippen LogP contribution is -2.50. The Morgan fingerprint density at radius 1 is 1.03 bits per heavy atom. The van der Waals surface area contributed by atoms with Crippen LogP contribution >= 0.6 is 0 Å². The smallest absolute Gasteiger partial charge is 0.423 e. The molecule has 1 amide bonds. The number of hydrogen-bond acceptors (Lipinski definition) is 6. The Labute approximate surface area is 175 Å². The van der Waals surface area contributed by atoms with E-state index in [2.05, 4.69) is 5.43 Å². The Morgan fingerprint density at radius 2 is 1.67 bits per heavy atom. The highest BCUT2D eigenvalue weighted by atomic mass is 16.6. The zero-order valence-corrected chi connectivity index (χ0v) is 17.2. The van der Waals surface area contributed by atoms with E-state index in [9.17, 15) is 4.79 Å². The first-order chi connectivity index (χ1) is 14.4. The number of anilines is 1. The quantitative estimate of drug-likeness (QED) is 0.660. The van der Waals surface area contributed by atoms with Crippen LogP contribution in [0.25, 0.3) is 22.7 Å². The van der Waals surface area contributed by atoms with Crippen LogP contribution < -0.4 is 10.4 Å². The maximum absolute atomic E-state index is 12.3. The minimum Gasteiger partial charge on any atom is -0.443 e. The fraction of sp³-hybridized carbons (Fsp3) is 0.217. The highest BCUT2D eigenvalue weighted by molar-refractivity contribution is 5.75. The standard InChI is InChI=1S/C23H24N4O3/c1-23(2,3)30-22(28)25-27-16-10-15-26(27)21-19(17-11-6-4-7-12-17)24-20(29-21)18-13-8-5-9-14-18/h4-15H,16H2,1-3H3,(H,25,28). The molecule has 3 aromatic rings. The van der Waals surface area contributed by atoms with Crippen molar-refractivity contribution in [1.82, 2.24) is 15.5 Å². The number of hydrazine groups is 2. The molecule has 0 bridgehead atoms. The third-order valence-corrected chi connectivity index (χ3v) is 4.29. The van der Waals surface area contributed by atoms with Crippen molar-refractivity contribution in [3.8, 4) is 22.7 Å². The lowest BCUT2D eigenvalue weighted by Gasteiger charge is -2.28. The molecule has 2 heterocycles. The molecule has 0 aliphatic carbocycles. The Morgan fingerprint density at radius 3 is 2.30 bits per heavy atom. The van der Waals surface area contributed by atoms with Crippen LogP contribution in [-0.2, 0) is 4.74 Å². The second kappa shape index (κ2) is 8.04. The molecule has 0 saturated carbocycles. The number of carbonyl (C=O) groups excluding carboxylic acids is 1. The molecule has 2 aromatic carbocycles. The molecule has 1 aromatic heterocycles. The summed E-state index contributed by atoms with van der Waals surface area (Å²) in [5.41, 5.74) is 4.63. The summed E-state index contributed by atoms with van der Waals surface area (Å²) in [6.07, 6.45) is 3.20. The second-order valence-electron chi connectivity index (χ2n) is 7.83. The lowest BCUT2D eigenvalue weighted by molar-refractivity contribution is 0.0351. The van der Waals surface area contributed by atoms with E-state index in [1.807, 2.05) is 93.7 Å². The molecule has 0 saturated heterocycles. The molecule has 4 rings (SSSR count). The summed E-state index contributed by atoms with van der Waals surface area (Å²) < 4.78 is 11.6. The predicted octanol–water partition coefficient (Wildman–Crippen LogP) is 5.00. The van der Waals surface area contributed by atoms with Crippen molar-refractivity contribution in [2.24, 2.45) is 0 Å². The van der Waals surface area contributed by atoms with Crippen LogP contribution in [0.5, 0.6) is 0 Å². The number of aromatic nitrogens is 1. The van der Waals surface area contributed by atoms with Crippen LogP contribution in [-0.4, -0.2) is 28.3 Å². The SMILES string of the molecule is CC(C)(C)OC(=O)NN1CC=CN1c1oc(-c2ccccc2)nc1-c1ccccc1. The molecule has 1 aliphatic heterocycles. The molecule has 154 valence electrons. The molecule has 7 nitrogen and oxygen atoms in total. The predicted molar refractivity (Wildman–Crippen MR) is 115 cm³/mol. The van der Waals surface area contributed by atoms with Gasteiger partial charge in [-0.25, -0.2) is 20.2 Å². The summed E-state index contributed by atoms with van der Waals surface area (Å²) in [6.45, 7) is 5.93. The minimum absolute atomic E-state index is 0.467. The van der Waals surface area contributed by atoms with Crippen LogP contribution in [0.3, 0.4) is 0 Å². The van der Waals surface area contributed by atoms with E-state index in [0.29, 0.717) is 24.0 Å². The van der Waals surface area contributed by atoms with Gasteiger partial charge < -0.3 is 9.15 Å². The van der Waals surface area contributed by atoms with Crippen LogP contribution in [0.2, 0.25) is 0 Å². The molecule has 30 heavy (non-hydrogen) atoms. The van der Waals surface area contributed by atoms with Gasteiger partial charge in [-0.2, -0.15) is 0 Å². The van der Waals surface area contributed by atoms with Crippen molar-refractivity contribution < 1.29 is 13.9 Å².